The van der Waals surface area contributed by atoms with Crippen LogP contribution < -0.4 is 4.74 Å². The monoisotopic (exact) mass is 469 g/mol. The molecular weight excluding hydrogens is 437 g/mol. The molecule has 0 radical (unpaired) electrons. The normalized spacial score (nSPS) is 13.3. The van der Waals surface area contributed by atoms with Crippen molar-refractivity contribution in [1.82, 2.24) is 4.31 Å². The summed E-state index contributed by atoms with van der Waals surface area (Å²) in [5.41, 5.74) is 0.515. The van der Waals surface area contributed by atoms with E-state index in [2.05, 4.69) is 0 Å². The maximum Gasteiger partial charge on any atom is 0.353 e. The first-order chi connectivity index (χ1) is 14.8. The highest BCUT2D eigenvalue weighted by molar-refractivity contribution is 7.89. The number of nitrogens with zero attached hydrogens (tertiary/aromatic N) is 1. The van der Waals surface area contributed by atoms with E-state index in [1.807, 2.05) is 6.92 Å². The minimum absolute atomic E-state index is 0.122. The van der Waals surface area contributed by atoms with E-state index >= 15 is 0 Å². The zero-order valence-corrected chi connectivity index (χ0v) is 20.3. The highest BCUT2D eigenvalue weighted by Crippen LogP contribution is 2.63. The Bertz CT molecular complexity index is 940. The van der Waals surface area contributed by atoms with Crippen LogP contribution in [-0.2, 0) is 23.6 Å². The summed E-state index contributed by atoms with van der Waals surface area (Å²) in [5.74, 6) is -0.522. The Kier molecular flexibility index (Phi) is 9.72. The second-order valence-electron chi connectivity index (χ2n) is 6.80. The van der Waals surface area contributed by atoms with Crippen molar-refractivity contribution in [1.29, 1.82) is 0 Å². The Hall–Kier alpha value is -1.70. The molecule has 1 atom stereocenters. The molecule has 2 rings (SSSR count). The number of ether oxygens (including phenoxy) is 1. The first-order valence-electron chi connectivity index (χ1n) is 10.4. The standard InChI is InChI=1S/C22H32NO6PS/c1-5-8-18-23(31(25,26)21-12-10-9-11-13-21)22(30(24,28-6-2)29-7-3)19-14-16-20(27-4)17-15-19/h9-17,22H,5-8,18H2,1-4H3. The third kappa shape index (κ3) is 6.18. The summed E-state index contributed by atoms with van der Waals surface area (Å²) in [7, 11) is -6.32. The quantitative estimate of drug-likeness (QED) is 0.363. The van der Waals surface area contributed by atoms with Crippen LogP contribution in [0.15, 0.2) is 59.5 Å². The van der Waals surface area contributed by atoms with Crippen molar-refractivity contribution in [2.45, 2.75) is 44.3 Å². The molecule has 0 N–H and O–H groups in total. The molecule has 0 fully saturated rings. The van der Waals surface area contributed by atoms with Gasteiger partial charge in [-0.25, -0.2) is 8.42 Å². The van der Waals surface area contributed by atoms with Gasteiger partial charge in [0.1, 0.15) is 5.75 Å². The van der Waals surface area contributed by atoms with Gasteiger partial charge in [0, 0.05) is 6.54 Å². The molecule has 172 valence electrons. The zero-order valence-electron chi connectivity index (χ0n) is 18.6. The summed E-state index contributed by atoms with van der Waals surface area (Å²) in [6.45, 7) is 5.81. The number of hydrogen-bond donors (Lipinski definition) is 0. The van der Waals surface area contributed by atoms with Gasteiger partial charge in [0.05, 0.1) is 25.2 Å². The fourth-order valence-electron chi connectivity index (χ4n) is 3.24. The minimum Gasteiger partial charge on any atom is -0.497 e. The third-order valence-corrected chi connectivity index (χ3v) is 9.13. The Balaban J connectivity index is 2.71. The van der Waals surface area contributed by atoms with E-state index in [0.717, 1.165) is 6.42 Å². The van der Waals surface area contributed by atoms with Gasteiger partial charge in [0.2, 0.25) is 10.0 Å². The van der Waals surface area contributed by atoms with E-state index in [1.165, 1.54) is 16.4 Å². The highest BCUT2D eigenvalue weighted by atomic mass is 32.2. The SMILES string of the molecule is CCCCN(C(c1ccc(OC)cc1)P(=O)(OCC)OCC)S(=O)(=O)c1ccccc1. The van der Waals surface area contributed by atoms with Crippen LogP contribution in [0.5, 0.6) is 5.75 Å². The van der Waals surface area contributed by atoms with Crippen molar-refractivity contribution in [3.63, 3.8) is 0 Å². The smallest absolute Gasteiger partial charge is 0.353 e. The second-order valence-corrected chi connectivity index (χ2v) is 10.8. The van der Waals surface area contributed by atoms with Gasteiger partial charge in [-0.3, -0.25) is 4.57 Å². The van der Waals surface area contributed by atoms with Gasteiger partial charge in [0.25, 0.3) is 0 Å². The number of hydrogen-bond acceptors (Lipinski definition) is 6. The Morgan fingerprint density at radius 2 is 1.52 bits per heavy atom. The molecule has 0 spiro atoms. The van der Waals surface area contributed by atoms with E-state index in [-0.39, 0.29) is 24.7 Å². The zero-order chi connectivity index (χ0) is 22.9. The lowest BCUT2D eigenvalue weighted by Crippen LogP contribution is -2.36. The van der Waals surface area contributed by atoms with Gasteiger partial charge >= 0.3 is 7.60 Å². The predicted octanol–water partition coefficient (Wildman–Crippen LogP) is 5.45. The van der Waals surface area contributed by atoms with E-state index in [1.54, 1.807) is 63.4 Å². The Morgan fingerprint density at radius 1 is 0.935 bits per heavy atom. The van der Waals surface area contributed by atoms with Crippen LogP contribution in [0.2, 0.25) is 0 Å². The summed E-state index contributed by atoms with van der Waals surface area (Å²) >= 11 is 0. The predicted molar refractivity (Wildman–Crippen MR) is 122 cm³/mol. The van der Waals surface area contributed by atoms with Gasteiger partial charge in [-0.2, -0.15) is 4.31 Å². The molecule has 0 saturated carbocycles. The van der Waals surface area contributed by atoms with E-state index in [0.29, 0.717) is 17.7 Å². The van der Waals surface area contributed by atoms with Gasteiger partial charge < -0.3 is 13.8 Å². The van der Waals surface area contributed by atoms with E-state index < -0.39 is 23.4 Å². The summed E-state index contributed by atoms with van der Waals surface area (Å²) in [4.78, 5) is 0.129. The number of sulfonamides is 1. The number of unbranched alkanes of at least 4 members (excludes halogenated alkanes) is 1. The molecule has 0 aliphatic rings. The summed E-state index contributed by atoms with van der Waals surface area (Å²) in [5, 5.41) is 0. The molecule has 0 aliphatic heterocycles. The van der Waals surface area contributed by atoms with Crippen LogP contribution in [-0.4, -0.2) is 39.6 Å². The Labute approximate surface area is 185 Å². The number of benzene rings is 2. The average Bonchev–Trinajstić information content (AvgIpc) is 2.77. The fourth-order valence-corrected chi connectivity index (χ4v) is 7.53. The molecule has 0 aromatic heterocycles. The minimum atomic E-state index is -3.99. The average molecular weight is 470 g/mol. The maximum absolute atomic E-state index is 14.0. The molecule has 0 bridgehead atoms. The largest absolute Gasteiger partial charge is 0.497 e. The molecular formula is C22H32NO6PS. The van der Waals surface area contributed by atoms with Gasteiger partial charge in [0.15, 0.2) is 5.78 Å². The van der Waals surface area contributed by atoms with Crippen LogP contribution >= 0.6 is 7.60 Å². The van der Waals surface area contributed by atoms with E-state index in [4.69, 9.17) is 13.8 Å². The molecule has 2 aromatic carbocycles. The van der Waals surface area contributed by atoms with Crippen molar-refractivity contribution < 1.29 is 26.8 Å². The number of methoxy groups -OCH3 is 1. The molecule has 2 aromatic rings. The van der Waals surface area contributed by atoms with Gasteiger partial charge in [-0.1, -0.05) is 43.7 Å². The van der Waals surface area contributed by atoms with Crippen molar-refractivity contribution >= 4 is 17.6 Å². The van der Waals surface area contributed by atoms with Crippen LogP contribution in [0.4, 0.5) is 0 Å². The topological polar surface area (TPSA) is 82.1 Å². The highest BCUT2D eigenvalue weighted by Gasteiger charge is 2.46. The molecule has 0 heterocycles. The van der Waals surface area contributed by atoms with E-state index in [9.17, 15) is 13.0 Å². The summed E-state index contributed by atoms with van der Waals surface area (Å²) < 4.78 is 59.1. The van der Waals surface area contributed by atoms with Crippen LogP contribution in [0.1, 0.15) is 45.0 Å². The number of rotatable bonds is 13. The summed E-state index contributed by atoms with van der Waals surface area (Å²) in [6.07, 6.45) is 1.36. The molecule has 0 aliphatic carbocycles. The second kappa shape index (κ2) is 11.8. The van der Waals surface area contributed by atoms with Crippen molar-refractivity contribution in [3.8, 4) is 5.75 Å². The van der Waals surface area contributed by atoms with Crippen molar-refractivity contribution in [2.75, 3.05) is 26.9 Å². The maximum atomic E-state index is 14.0. The molecule has 7 nitrogen and oxygen atoms in total. The summed E-state index contributed by atoms with van der Waals surface area (Å²) in [6, 6.07) is 15.0. The molecule has 0 amide bonds. The molecule has 0 saturated heterocycles. The van der Waals surface area contributed by atoms with Gasteiger partial charge in [-0.15, -0.1) is 0 Å². The first-order valence-corrected chi connectivity index (χ1v) is 13.5. The fraction of sp³-hybridized carbons (Fsp3) is 0.455. The first kappa shape index (κ1) is 25.6. The van der Waals surface area contributed by atoms with Crippen molar-refractivity contribution in [2.24, 2.45) is 0 Å². The van der Waals surface area contributed by atoms with Crippen LogP contribution in [0.3, 0.4) is 0 Å². The van der Waals surface area contributed by atoms with Crippen LogP contribution in [0.25, 0.3) is 0 Å². The molecule has 1 unspecified atom stereocenters. The molecule has 9 heteroatoms. The van der Waals surface area contributed by atoms with Crippen LogP contribution in [0, 0.1) is 0 Å². The lowest BCUT2D eigenvalue weighted by molar-refractivity contribution is 0.192. The van der Waals surface area contributed by atoms with Gasteiger partial charge in [-0.05, 0) is 50.1 Å². The Morgan fingerprint density at radius 3 is 2.00 bits per heavy atom. The third-order valence-electron chi connectivity index (χ3n) is 4.69. The lowest BCUT2D eigenvalue weighted by Gasteiger charge is -2.35. The lowest BCUT2D eigenvalue weighted by atomic mass is 10.2. The molecule has 31 heavy (non-hydrogen) atoms. The van der Waals surface area contributed by atoms with Crippen molar-refractivity contribution in [3.05, 3.63) is 60.2 Å².